The lowest BCUT2D eigenvalue weighted by atomic mass is 9.91. The van der Waals surface area contributed by atoms with Crippen LogP contribution in [0.3, 0.4) is 0 Å². The van der Waals surface area contributed by atoms with Gasteiger partial charge in [-0.25, -0.2) is 0 Å². The zero-order chi connectivity index (χ0) is 28.1. The first-order chi connectivity index (χ1) is 19.5. The van der Waals surface area contributed by atoms with Crippen molar-refractivity contribution < 1.29 is 14.3 Å². The number of methoxy groups -OCH3 is 1. The molecule has 1 saturated carbocycles. The zero-order valence-corrected chi connectivity index (χ0v) is 24.1. The Morgan fingerprint density at radius 1 is 1.07 bits per heavy atom. The number of rotatable bonds is 13. The van der Waals surface area contributed by atoms with Gasteiger partial charge < -0.3 is 24.8 Å². The van der Waals surface area contributed by atoms with Crippen LogP contribution in [0.15, 0.2) is 60.8 Å². The van der Waals surface area contributed by atoms with Crippen LogP contribution in [-0.2, 0) is 16.1 Å². The molecule has 2 aromatic carbocycles. The number of fused-ring (bicyclic) bond motifs is 1. The van der Waals surface area contributed by atoms with Crippen molar-refractivity contribution >= 4 is 22.7 Å². The molecule has 1 aromatic heterocycles. The van der Waals surface area contributed by atoms with Gasteiger partial charge in [-0.2, -0.15) is 0 Å². The number of aryl methyl sites for hydroxylation is 1. The molecule has 2 N–H and O–H groups in total. The maximum atomic E-state index is 13.8. The highest BCUT2D eigenvalue weighted by Gasteiger charge is 2.38. The molecular formula is C33H44N4O3. The van der Waals surface area contributed by atoms with Crippen molar-refractivity contribution in [2.75, 3.05) is 39.9 Å². The van der Waals surface area contributed by atoms with Crippen molar-refractivity contribution in [2.24, 2.45) is 17.8 Å². The minimum atomic E-state index is -0.0638. The smallest absolute Gasteiger partial charge is 0.254 e. The molecule has 7 heteroatoms. The van der Waals surface area contributed by atoms with Crippen LogP contribution >= 0.6 is 0 Å². The van der Waals surface area contributed by atoms with Gasteiger partial charge in [0.15, 0.2) is 0 Å². The van der Waals surface area contributed by atoms with Crippen molar-refractivity contribution in [1.29, 1.82) is 0 Å². The molecule has 0 bridgehead atoms. The number of nitrogens with zero attached hydrogens (tertiary/aromatic N) is 2. The van der Waals surface area contributed by atoms with Gasteiger partial charge in [0.1, 0.15) is 0 Å². The zero-order valence-electron chi connectivity index (χ0n) is 24.1. The molecule has 7 nitrogen and oxygen atoms in total. The topological polar surface area (TPSA) is 75.6 Å². The van der Waals surface area contributed by atoms with E-state index in [0.717, 1.165) is 60.9 Å². The van der Waals surface area contributed by atoms with Crippen molar-refractivity contribution in [1.82, 2.24) is 20.1 Å². The third-order valence-corrected chi connectivity index (χ3v) is 8.64. The Bertz CT molecular complexity index is 1280. The Kier molecular flexibility index (Phi) is 9.22. The summed E-state index contributed by atoms with van der Waals surface area (Å²) in [5, 5.41) is 7.94. The van der Waals surface area contributed by atoms with Gasteiger partial charge in [0, 0.05) is 69.8 Å². The van der Waals surface area contributed by atoms with E-state index in [4.69, 9.17) is 4.74 Å². The molecule has 214 valence electrons. The van der Waals surface area contributed by atoms with Crippen LogP contribution in [0.25, 0.3) is 10.9 Å². The summed E-state index contributed by atoms with van der Waals surface area (Å²) < 4.78 is 7.42. The third kappa shape index (κ3) is 6.58. The van der Waals surface area contributed by atoms with Gasteiger partial charge >= 0.3 is 0 Å². The van der Waals surface area contributed by atoms with E-state index in [0.29, 0.717) is 25.6 Å². The van der Waals surface area contributed by atoms with E-state index in [1.807, 2.05) is 41.3 Å². The highest BCUT2D eigenvalue weighted by Crippen LogP contribution is 2.42. The number of ether oxygens (including phenoxy) is 1. The van der Waals surface area contributed by atoms with Crippen LogP contribution < -0.4 is 10.6 Å². The van der Waals surface area contributed by atoms with Crippen LogP contribution in [0.5, 0.6) is 0 Å². The second-order valence-corrected chi connectivity index (χ2v) is 11.8. The summed E-state index contributed by atoms with van der Waals surface area (Å²) in [7, 11) is 1.72. The first-order valence-electron chi connectivity index (χ1n) is 14.9. The van der Waals surface area contributed by atoms with Crippen molar-refractivity contribution in [2.45, 2.75) is 51.6 Å². The maximum absolute atomic E-state index is 13.8. The first-order valence-corrected chi connectivity index (χ1v) is 14.9. The second kappa shape index (κ2) is 13.0. The number of carbonyl (C=O) groups excluding carboxylic acids is 2. The molecule has 1 aliphatic carbocycles. The Morgan fingerprint density at radius 3 is 2.58 bits per heavy atom. The van der Waals surface area contributed by atoms with Gasteiger partial charge in [-0.15, -0.1) is 0 Å². The molecule has 2 heterocycles. The lowest BCUT2D eigenvalue weighted by Crippen LogP contribution is -2.44. The molecule has 3 atom stereocenters. The molecule has 2 amide bonds. The fourth-order valence-corrected chi connectivity index (χ4v) is 6.15. The predicted octanol–water partition coefficient (Wildman–Crippen LogP) is 4.67. The van der Waals surface area contributed by atoms with E-state index in [1.165, 1.54) is 0 Å². The molecule has 40 heavy (non-hydrogen) atoms. The number of benzene rings is 2. The largest absolute Gasteiger partial charge is 0.385 e. The summed E-state index contributed by atoms with van der Waals surface area (Å²) in [5.74, 6) is 1.16. The summed E-state index contributed by atoms with van der Waals surface area (Å²) >= 11 is 0. The third-order valence-electron chi connectivity index (χ3n) is 8.64. The molecule has 1 aliphatic heterocycles. The van der Waals surface area contributed by atoms with Crippen LogP contribution in [0.2, 0.25) is 0 Å². The number of aromatic nitrogens is 1. The van der Waals surface area contributed by atoms with E-state index in [1.54, 1.807) is 7.11 Å². The van der Waals surface area contributed by atoms with Crippen LogP contribution in [0.4, 0.5) is 0 Å². The summed E-state index contributed by atoms with van der Waals surface area (Å²) in [6.45, 7) is 8.75. The average molecular weight is 545 g/mol. The minimum absolute atomic E-state index is 0.0638. The van der Waals surface area contributed by atoms with Crippen LogP contribution in [-0.4, -0.2) is 67.2 Å². The Morgan fingerprint density at radius 2 is 1.85 bits per heavy atom. The molecule has 1 unspecified atom stereocenters. The fourth-order valence-electron chi connectivity index (χ4n) is 6.15. The number of carbonyl (C=O) groups is 2. The van der Waals surface area contributed by atoms with E-state index < -0.39 is 0 Å². The number of hydrogen-bond acceptors (Lipinski definition) is 4. The second-order valence-electron chi connectivity index (χ2n) is 11.8. The first kappa shape index (κ1) is 28.4. The van der Waals surface area contributed by atoms with E-state index in [2.05, 4.69) is 53.4 Å². The van der Waals surface area contributed by atoms with Gasteiger partial charge in [-0.1, -0.05) is 36.4 Å². The van der Waals surface area contributed by atoms with Crippen molar-refractivity contribution in [3.63, 3.8) is 0 Å². The summed E-state index contributed by atoms with van der Waals surface area (Å²) in [4.78, 5) is 29.1. The SMILES string of the molecule is COCCCn1ccc2ccc(C(=O)N(C[C@@H]3CNC[C@H]3CNC(=O)C(c3ccccc3)C3CC3)C(C)C)cc21. The molecule has 3 aromatic rings. The van der Waals surface area contributed by atoms with Crippen LogP contribution in [0, 0.1) is 17.8 Å². The van der Waals surface area contributed by atoms with E-state index in [9.17, 15) is 9.59 Å². The molecule has 1 saturated heterocycles. The quantitative estimate of drug-likeness (QED) is 0.307. The lowest BCUT2D eigenvalue weighted by Gasteiger charge is -2.32. The summed E-state index contributed by atoms with van der Waals surface area (Å²) in [5.41, 5.74) is 2.92. The van der Waals surface area contributed by atoms with Crippen LogP contribution in [0.1, 0.15) is 54.9 Å². The number of hydrogen-bond donors (Lipinski definition) is 2. The van der Waals surface area contributed by atoms with E-state index >= 15 is 0 Å². The Balaban J connectivity index is 1.24. The average Bonchev–Trinajstić information content (AvgIpc) is 3.55. The summed E-state index contributed by atoms with van der Waals surface area (Å²) in [6, 6.07) is 18.4. The van der Waals surface area contributed by atoms with Gasteiger partial charge in [0.2, 0.25) is 5.91 Å². The molecule has 0 spiro atoms. The number of amides is 2. The highest BCUT2D eigenvalue weighted by molar-refractivity contribution is 5.98. The van der Waals surface area contributed by atoms with Gasteiger partial charge in [0.05, 0.1) is 5.92 Å². The molecule has 0 radical (unpaired) electrons. The van der Waals surface area contributed by atoms with E-state index in [-0.39, 0.29) is 35.6 Å². The lowest BCUT2D eigenvalue weighted by molar-refractivity contribution is -0.123. The standard InChI is InChI=1S/C33H44N4O3/c1-23(2)37(33(39)27-13-10-24-14-16-36(30(24)18-27)15-7-17-40-3)22-29-20-34-19-28(29)21-35-32(38)31(26-11-12-26)25-8-5-4-6-9-25/h4-6,8-10,13-14,16,18,23,26,28-29,31,34H,7,11-12,15,17,19-22H2,1-3H3,(H,35,38)/t28-,29-,31?/m0/s1. The molecule has 2 fully saturated rings. The van der Waals surface area contributed by atoms with Crippen molar-refractivity contribution in [3.8, 4) is 0 Å². The van der Waals surface area contributed by atoms with Crippen molar-refractivity contribution in [3.05, 3.63) is 71.9 Å². The normalized spacial score (nSPS) is 19.7. The predicted molar refractivity (Wildman–Crippen MR) is 159 cm³/mol. The molecular weight excluding hydrogens is 500 g/mol. The number of nitrogens with one attached hydrogen (secondary N) is 2. The molecule has 5 rings (SSSR count). The summed E-state index contributed by atoms with van der Waals surface area (Å²) in [6.07, 6.45) is 5.25. The minimum Gasteiger partial charge on any atom is -0.385 e. The van der Waals surface area contributed by atoms with Gasteiger partial charge in [0.25, 0.3) is 5.91 Å². The monoisotopic (exact) mass is 544 g/mol. The van der Waals surface area contributed by atoms with Gasteiger partial charge in [-0.3, -0.25) is 9.59 Å². The maximum Gasteiger partial charge on any atom is 0.254 e. The fraction of sp³-hybridized carbons (Fsp3) is 0.515. The van der Waals surface area contributed by atoms with Gasteiger partial charge in [-0.05, 0) is 80.0 Å². The molecule has 2 aliphatic rings. The Labute approximate surface area is 238 Å². The Hall–Kier alpha value is -3.16. The highest BCUT2D eigenvalue weighted by atomic mass is 16.5.